The second-order valence-corrected chi connectivity index (χ2v) is 5.83. The fraction of sp³-hybridized carbons (Fsp3) is 0.538. The van der Waals surface area contributed by atoms with Crippen molar-refractivity contribution in [2.24, 2.45) is 0 Å². The minimum Gasteiger partial charge on any atom is -0.307 e. The van der Waals surface area contributed by atoms with Crippen LogP contribution in [0.15, 0.2) is 28.7 Å². The highest BCUT2D eigenvalue weighted by Gasteiger charge is 2.29. The monoisotopic (exact) mass is 284 g/mol. The van der Waals surface area contributed by atoms with Gasteiger partial charge in [0.1, 0.15) is 0 Å². The second-order valence-electron chi connectivity index (χ2n) is 4.91. The summed E-state index contributed by atoms with van der Waals surface area (Å²) in [4.78, 5) is 4.50. The highest BCUT2D eigenvalue weighted by atomic mass is 79.9. The largest absolute Gasteiger partial charge is 0.307 e. The van der Waals surface area contributed by atoms with Crippen molar-refractivity contribution in [1.29, 1.82) is 0 Å². The maximum atomic E-state index is 3.48. The molecule has 1 rings (SSSR count). The van der Waals surface area contributed by atoms with Gasteiger partial charge in [-0.1, -0.05) is 28.1 Å². The van der Waals surface area contributed by atoms with Gasteiger partial charge >= 0.3 is 0 Å². The summed E-state index contributed by atoms with van der Waals surface area (Å²) in [6, 6.07) is 8.58. The van der Waals surface area contributed by atoms with E-state index in [1.807, 2.05) is 0 Å². The Labute approximate surface area is 107 Å². The molecule has 0 fully saturated rings. The van der Waals surface area contributed by atoms with Crippen LogP contribution in [0.5, 0.6) is 0 Å². The van der Waals surface area contributed by atoms with Crippen LogP contribution in [0, 0.1) is 0 Å². The van der Waals surface area contributed by atoms with Crippen LogP contribution in [-0.2, 0) is 5.54 Å². The number of halogens is 1. The highest BCUT2D eigenvalue weighted by Crippen LogP contribution is 2.27. The van der Waals surface area contributed by atoms with Crippen molar-refractivity contribution in [3.05, 3.63) is 34.3 Å². The summed E-state index contributed by atoms with van der Waals surface area (Å²) in [6.07, 6.45) is 0. The van der Waals surface area contributed by atoms with Crippen LogP contribution in [0.25, 0.3) is 0 Å². The van der Waals surface area contributed by atoms with E-state index in [-0.39, 0.29) is 5.54 Å². The van der Waals surface area contributed by atoms with E-state index < -0.39 is 0 Å². The number of hydrogen-bond acceptors (Lipinski definition) is 2. The first-order chi connectivity index (χ1) is 7.36. The minimum absolute atomic E-state index is 0.0458. The Morgan fingerprint density at radius 2 is 1.56 bits per heavy atom. The van der Waals surface area contributed by atoms with Gasteiger partial charge in [0.05, 0.1) is 5.54 Å². The Kier molecular flexibility index (Phi) is 4.53. The van der Waals surface area contributed by atoms with E-state index in [9.17, 15) is 0 Å². The summed E-state index contributed by atoms with van der Waals surface area (Å²) in [7, 11) is 8.48. The molecule has 0 amide bonds. The van der Waals surface area contributed by atoms with Gasteiger partial charge in [-0.2, -0.15) is 0 Å². The Hall–Kier alpha value is -0.380. The lowest BCUT2D eigenvalue weighted by molar-refractivity contribution is 0.128. The molecule has 0 saturated heterocycles. The quantitative estimate of drug-likeness (QED) is 0.839. The average molecular weight is 285 g/mol. The standard InChI is InChI=1S/C13H21BrN2/c1-13(16(4)5,10-15(2)3)11-6-8-12(14)9-7-11/h6-9H,10H2,1-5H3. The number of hydrogen-bond donors (Lipinski definition) is 0. The molecule has 0 aliphatic heterocycles. The van der Waals surface area contributed by atoms with E-state index >= 15 is 0 Å². The van der Waals surface area contributed by atoms with Gasteiger partial charge in [-0.3, -0.25) is 4.90 Å². The third kappa shape index (κ3) is 3.06. The molecule has 0 bridgehead atoms. The summed E-state index contributed by atoms with van der Waals surface area (Å²) in [5.41, 5.74) is 1.39. The zero-order valence-corrected chi connectivity index (χ0v) is 12.4. The number of likely N-dealkylation sites (N-methyl/N-ethyl adjacent to an activating group) is 2. The van der Waals surface area contributed by atoms with E-state index in [1.165, 1.54) is 5.56 Å². The van der Waals surface area contributed by atoms with E-state index in [0.717, 1.165) is 11.0 Å². The van der Waals surface area contributed by atoms with E-state index in [2.05, 4.69) is 85.1 Å². The number of rotatable bonds is 4. The summed E-state index contributed by atoms with van der Waals surface area (Å²) in [6.45, 7) is 3.28. The van der Waals surface area contributed by atoms with Crippen molar-refractivity contribution < 1.29 is 0 Å². The molecule has 0 saturated carbocycles. The third-order valence-electron chi connectivity index (χ3n) is 3.08. The smallest absolute Gasteiger partial charge is 0.0554 e. The normalized spacial score (nSPS) is 15.5. The summed E-state index contributed by atoms with van der Waals surface area (Å²) < 4.78 is 1.13. The Balaban J connectivity index is 3.06. The van der Waals surface area contributed by atoms with E-state index in [1.54, 1.807) is 0 Å². The van der Waals surface area contributed by atoms with Crippen LogP contribution in [0.2, 0.25) is 0 Å². The van der Waals surface area contributed by atoms with Crippen molar-refractivity contribution in [1.82, 2.24) is 9.80 Å². The van der Waals surface area contributed by atoms with Gasteiger partial charge in [-0.15, -0.1) is 0 Å². The van der Waals surface area contributed by atoms with Gasteiger partial charge in [0.2, 0.25) is 0 Å². The molecule has 1 unspecified atom stereocenters. The molecule has 3 heteroatoms. The van der Waals surface area contributed by atoms with Gasteiger partial charge < -0.3 is 4.90 Å². The molecular weight excluding hydrogens is 264 g/mol. The molecule has 90 valence electrons. The molecule has 0 aromatic heterocycles. The van der Waals surface area contributed by atoms with Crippen LogP contribution in [-0.4, -0.2) is 44.5 Å². The first kappa shape index (κ1) is 13.7. The lowest BCUT2D eigenvalue weighted by atomic mass is 9.90. The summed E-state index contributed by atoms with van der Waals surface area (Å²) in [5, 5.41) is 0. The zero-order valence-electron chi connectivity index (χ0n) is 10.8. The molecule has 0 aliphatic rings. The maximum absolute atomic E-state index is 3.48. The average Bonchev–Trinajstić information content (AvgIpc) is 2.17. The van der Waals surface area contributed by atoms with Gasteiger partial charge in [0.25, 0.3) is 0 Å². The molecule has 16 heavy (non-hydrogen) atoms. The predicted octanol–water partition coefficient (Wildman–Crippen LogP) is 2.79. The predicted molar refractivity (Wildman–Crippen MR) is 73.7 cm³/mol. The first-order valence-corrected chi connectivity index (χ1v) is 6.24. The zero-order chi connectivity index (χ0) is 12.3. The maximum Gasteiger partial charge on any atom is 0.0554 e. The fourth-order valence-electron chi connectivity index (χ4n) is 1.92. The van der Waals surface area contributed by atoms with E-state index in [4.69, 9.17) is 0 Å². The fourth-order valence-corrected chi connectivity index (χ4v) is 2.18. The molecular formula is C13H21BrN2. The first-order valence-electron chi connectivity index (χ1n) is 5.44. The molecule has 1 atom stereocenters. The molecule has 0 radical (unpaired) electrons. The molecule has 1 aromatic carbocycles. The number of nitrogens with zero attached hydrogens (tertiary/aromatic N) is 2. The summed E-state index contributed by atoms with van der Waals surface area (Å²) >= 11 is 3.48. The molecule has 0 aliphatic carbocycles. The van der Waals surface area contributed by atoms with Crippen LogP contribution < -0.4 is 0 Å². The molecule has 0 spiro atoms. The van der Waals surface area contributed by atoms with E-state index in [0.29, 0.717) is 0 Å². The van der Waals surface area contributed by atoms with Crippen LogP contribution in [0.3, 0.4) is 0 Å². The Bertz CT molecular complexity index is 332. The Morgan fingerprint density at radius 3 is 1.94 bits per heavy atom. The van der Waals surface area contributed by atoms with Crippen LogP contribution in [0.1, 0.15) is 12.5 Å². The minimum atomic E-state index is 0.0458. The van der Waals surface area contributed by atoms with Crippen molar-refractivity contribution in [2.75, 3.05) is 34.7 Å². The highest BCUT2D eigenvalue weighted by molar-refractivity contribution is 9.10. The Morgan fingerprint density at radius 1 is 1.06 bits per heavy atom. The molecule has 2 nitrogen and oxygen atoms in total. The van der Waals surface area contributed by atoms with Gasteiger partial charge in [0, 0.05) is 11.0 Å². The third-order valence-corrected chi connectivity index (χ3v) is 3.61. The van der Waals surface area contributed by atoms with Crippen LogP contribution >= 0.6 is 15.9 Å². The van der Waals surface area contributed by atoms with Gasteiger partial charge in [-0.05, 0) is 52.8 Å². The van der Waals surface area contributed by atoms with Gasteiger partial charge in [0.15, 0.2) is 0 Å². The second kappa shape index (κ2) is 5.30. The molecule has 1 aromatic rings. The summed E-state index contributed by atoms with van der Waals surface area (Å²) in [5.74, 6) is 0. The van der Waals surface area contributed by atoms with Crippen LogP contribution in [0.4, 0.5) is 0 Å². The molecule has 0 N–H and O–H groups in total. The molecule has 0 heterocycles. The topological polar surface area (TPSA) is 6.48 Å². The SMILES string of the molecule is CN(C)CC(C)(c1ccc(Br)cc1)N(C)C. The van der Waals surface area contributed by atoms with Gasteiger partial charge in [-0.25, -0.2) is 0 Å². The lowest BCUT2D eigenvalue weighted by Crippen LogP contribution is -2.46. The lowest BCUT2D eigenvalue weighted by Gasteiger charge is -2.39. The van der Waals surface area contributed by atoms with Crippen molar-refractivity contribution in [2.45, 2.75) is 12.5 Å². The van der Waals surface area contributed by atoms with Crippen molar-refractivity contribution in [3.8, 4) is 0 Å². The van der Waals surface area contributed by atoms with Crippen molar-refractivity contribution in [3.63, 3.8) is 0 Å². The van der Waals surface area contributed by atoms with Crippen molar-refractivity contribution >= 4 is 15.9 Å². The number of benzene rings is 1.